The first-order valence-corrected chi connectivity index (χ1v) is 7.66. The van der Waals surface area contributed by atoms with E-state index in [2.05, 4.69) is 21.3 Å². The van der Waals surface area contributed by atoms with Crippen molar-refractivity contribution in [3.05, 3.63) is 35.3 Å². The summed E-state index contributed by atoms with van der Waals surface area (Å²) in [4.78, 5) is 7.95. The smallest absolute Gasteiger partial charge is 0.102 e. The Kier molecular flexibility index (Phi) is 2.72. The van der Waals surface area contributed by atoms with Crippen LogP contribution in [0, 0.1) is 17.2 Å². The molecular weight excluding hydrogens is 268 g/mol. The van der Waals surface area contributed by atoms with Crippen LogP contribution in [0.5, 0.6) is 0 Å². The van der Waals surface area contributed by atoms with E-state index >= 15 is 0 Å². The number of hydrogen-bond acceptors (Lipinski definition) is 5. The van der Waals surface area contributed by atoms with Gasteiger partial charge in [0, 0.05) is 31.6 Å². The van der Waals surface area contributed by atoms with Crippen LogP contribution in [0.4, 0.5) is 5.69 Å². The van der Waals surface area contributed by atoms with Crippen molar-refractivity contribution in [2.24, 2.45) is 5.92 Å². The molecule has 2 saturated heterocycles. The summed E-state index contributed by atoms with van der Waals surface area (Å²) in [6.07, 6.45) is 1.91. The number of nitriles is 1. The summed E-state index contributed by atoms with van der Waals surface area (Å²) in [5.74, 6) is 0.762. The largest absolute Gasteiger partial charge is 0.365 e. The monoisotopic (exact) mass is 282 g/mol. The van der Waals surface area contributed by atoms with Gasteiger partial charge in [-0.25, -0.2) is 0 Å². The minimum Gasteiger partial charge on any atom is -0.365 e. The van der Waals surface area contributed by atoms with Gasteiger partial charge in [0.1, 0.15) is 6.07 Å². The third-order valence-corrected chi connectivity index (χ3v) is 5.09. The number of nitrogens with one attached hydrogen (secondary N) is 1. The maximum atomic E-state index is 9.39. The Morgan fingerprint density at radius 1 is 1.45 bits per heavy atom. The van der Waals surface area contributed by atoms with Gasteiger partial charge in [0.15, 0.2) is 0 Å². The van der Waals surface area contributed by atoms with Crippen LogP contribution in [0.3, 0.4) is 0 Å². The highest BCUT2D eigenvalue weighted by Crippen LogP contribution is 2.35. The maximum Gasteiger partial charge on any atom is 0.102 e. The number of pyridine rings is 1. The zero-order chi connectivity index (χ0) is 13.5. The molecule has 1 N–H and O–H groups in total. The van der Waals surface area contributed by atoms with E-state index in [1.54, 1.807) is 11.3 Å². The second-order valence-electron chi connectivity index (χ2n) is 5.32. The lowest BCUT2D eigenvalue weighted by molar-refractivity contribution is 0.365. The molecule has 20 heavy (non-hydrogen) atoms. The van der Waals surface area contributed by atoms with Gasteiger partial charge in [-0.3, -0.25) is 4.98 Å². The molecule has 0 bridgehead atoms. The van der Waals surface area contributed by atoms with Crippen LogP contribution in [0.25, 0.3) is 10.6 Å². The third-order valence-electron chi connectivity index (χ3n) is 4.22. The van der Waals surface area contributed by atoms with Gasteiger partial charge in [-0.05, 0) is 17.5 Å². The summed E-state index contributed by atoms with van der Waals surface area (Å²) in [7, 11) is 0. The van der Waals surface area contributed by atoms with Crippen molar-refractivity contribution < 1.29 is 0 Å². The zero-order valence-electron chi connectivity index (χ0n) is 10.9. The molecule has 0 amide bonds. The molecule has 2 aromatic rings. The third kappa shape index (κ3) is 1.73. The van der Waals surface area contributed by atoms with Crippen molar-refractivity contribution >= 4 is 17.0 Å². The fourth-order valence-corrected chi connectivity index (χ4v) is 3.86. The number of aromatic nitrogens is 1. The van der Waals surface area contributed by atoms with E-state index in [1.807, 2.05) is 29.8 Å². The van der Waals surface area contributed by atoms with Crippen molar-refractivity contribution in [3.63, 3.8) is 0 Å². The Balaban J connectivity index is 1.68. The van der Waals surface area contributed by atoms with Crippen LogP contribution in [0.1, 0.15) is 5.56 Å². The number of rotatable bonds is 2. The molecule has 0 aliphatic carbocycles. The quantitative estimate of drug-likeness (QED) is 0.916. The van der Waals surface area contributed by atoms with E-state index < -0.39 is 0 Å². The minimum absolute atomic E-state index is 0.580. The SMILES string of the molecule is N#Cc1cc(N2C[C@H]3CNC[C@H]32)cnc1-c1cccs1. The zero-order valence-corrected chi connectivity index (χ0v) is 11.7. The van der Waals surface area contributed by atoms with Crippen molar-refractivity contribution in [2.45, 2.75) is 6.04 Å². The summed E-state index contributed by atoms with van der Waals surface area (Å²) in [5.41, 5.74) is 2.54. The summed E-state index contributed by atoms with van der Waals surface area (Å²) in [6.45, 7) is 3.23. The second kappa shape index (κ2) is 4.58. The van der Waals surface area contributed by atoms with E-state index in [4.69, 9.17) is 0 Å². The summed E-state index contributed by atoms with van der Waals surface area (Å²) >= 11 is 1.62. The van der Waals surface area contributed by atoms with E-state index in [1.165, 1.54) is 0 Å². The van der Waals surface area contributed by atoms with Crippen LogP contribution in [-0.4, -0.2) is 30.7 Å². The lowest BCUT2D eigenvalue weighted by Crippen LogP contribution is -2.55. The van der Waals surface area contributed by atoms with Gasteiger partial charge in [-0.15, -0.1) is 11.3 Å². The van der Waals surface area contributed by atoms with Gasteiger partial charge in [0.2, 0.25) is 0 Å². The molecule has 2 aliphatic rings. The first-order valence-electron chi connectivity index (χ1n) is 6.78. The van der Waals surface area contributed by atoms with Crippen LogP contribution >= 0.6 is 11.3 Å². The molecule has 0 saturated carbocycles. The molecule has 0 unspecified atom stereocenters. The average Bonchev–Trinajstić information content (AvgIpc) is 3.09. The van der Waals surface area contributed by atoms with Gasteiger partial charge in [0.05, 0.1) is 28.0 Å². The summed E-state index contributed by atoms with van der Waals surface area (Å²) < 4.78 is 0. The lowest BCUT2D eigenvalue weighted by atomic mass is 9.91. The Labute approximate surface area is 121 Å². The van der Waals surface area contributed by atoms with Crippen molar-refractivity contribution in [1.82, 2.24) is 10.3 Å². The van der Waals surface area contributed by atoms with Crippen molar-refractivity contribution in [1.29, 1.82) is 5.26 Å². The number of anilines is 1. The highest BCUT2D eigenvalue weighted by atomic mass is 32.1. The Morgan fingerprint density at radius 2 is 2.40 bits per heavy atom. The first-order chi connectivity index (χ1) is 9.86. The topological polar surface area (TPSA) is 52.0 Å². The van der Waals surface area contributed by atoms with Crippen LogP contribution in [0.2, 0.25) is 0 Å². The Hall–Kier alpha value is -1.90. The molecule has 2 aromatic heterocycles. The van der Waals surface area contributed by atoms with Gasteiger partial charge in [-0.2, -0.15) is 5.26 Å². The Bertz CT molecular complexity index is 674. The first kappa shape index (κ1) is 11.9. The minimum atomic E-state index is 0.580. The summed E-state index contributed by atoms with van der Waals surface area (Å²) in [6, 6.07) is 8.85. The highest BCUT2D eigenvalue weighted by molar-refractivity contribution is 7.13. The molecule has 4 heterocycles. The molecule has 0 spiro atoms. The molecule has 2 fully saturated rings. The molecule has 5 heteroatoms. The predicted octanol–water partition coefficient (Wildman–Crippen LogP) is 2.09. The van der Waals surface area contributed by atoms with Gasteiger partial charge in [0.25, 0.3) is 0 Å². The molecule has 4 rings (SSSR count). The standard InChI is InChI=1S/C15H14N4S/c16-5-10-4-12(19-9-11-6-17-8-13(11)19)7-18-15(10)14-2-1-3-20-14/h1-4,7,11,13,17H,6,8-9H2/t11-,13-/m1/s1. The van der Waals surface area contributed by atoms with E-state index in [0.29, 0.717) is 11.6 Å². The van der Waals surface area contributed by atoms with E-state index in [0.717, 1.165) is 41.8 Å². The molecule has 2 atom stereocenters. The predicted molar refractivity (Wildman–Crippen MR) is 79.8 cm³/mol. The normalized spacial score (nSPS) is 24.1. The van der Waals surface area contributed by atoms with Crippen molar-refractivity contribution in [2.75, 3.05) is 24.5 Å². The summed E-state index contributed by atoms with van der Waals surface area (Å²) in [5, 5.41) is 14.8. The van der Waals surface area contributed by atoms with Crippen molar-refractivity contribution in [3.8, 4) is 16.6 Å². The Morgan fingerprint density at radius 3 is 3.15 bits per heavy atom. The second-order valence-corrected chi connectivity index (χ2v) is 6.26. The molecular formula is C15H14N4S. The van der Waals surface area contributed by atoms with Crippen LogP contribution < -0.4 is 10.2 Å². The molecule has 2 aliphatic heterocycles. The van der Waals surface area contributed by atoms with Gasteiger partial charge < -0.3 is 10.2 Å². The fraction of sp³-hybridized carbons (Fsp3) is 0.333. The molecule has 4 nitrogen and oxygen atoms in total. The number of thiophene rings is 1. The maximum absolute atomic E-state index is 9.39. The molecule has 0 aromatic carbocycles. The number of nitrogens with zero attached hydrogens (tertiary/aromatic N) is 3. The van der Waals surface area contributed by atoms with Gasteiger partial charge in [-0.1, -0.05) is 6.07 Å². The van der Waals surface area contributed by atoms with Gasteiger partial charge >= 0.3 is 0 Å². The average molecular weight is 282 g/mol. The molecule has 100 valence electrons. The number of fused-ring (bicyclic) bond motifs is 1. The van der Waals surface area contributed by atoms with E-state index in [-0.39, 0.29) is 0 Å². The van der Waals surface area contributed by atoms with Crippen LogP contribution in [0.15, 0.2) is 29.8 Å². The fourth-order valence-electron chi connectivity index (χ4n) is 3.12. The number of hydrogen-bond donors (Lipinski definition) is 1. The van der Waals surface area contributed by atoms with Crippen LogP contribution in [-0.2, 0) is 0 Å². The lowest BCUT2D eigenvalue weighted by Gasteiger charge is -2.45. The van der Waals surface area contributed by atoms with E-state index in [9.17, 15) is 5.26 Å². The molecule has 0 radical (unpaired) electrons. The highest BCUT2D eigenvalue weighted by Gasteiger charge is 2.42.